The Hall–Kier alpha value is -3.73. The lowest BCUT2D eigenvalue weighted by Crippen LogP contribution is -2.14. The molecule has 1 N–H and O–H groups in total. The molecule has 184 valence electrons. The van der Waals surface area contributed by atoms with E-state index in [2.05, 4.69) is 38.8 Å². The Morgan fingerprint density at radius 3 is 2.26 bits per heavy atom. The van der Waals surface area contributed by atoms with Gasteiger partial charge in [0.2, 0.25) is 5.95 Å². The number of aromatic nitrogens is 6. The monoisotopic (exact) mass is 495 g/mol. The summed E-state index contributed by atoms with van der Waals surface area (Å²) >= 11 is 1.54. The van der Waals surface area contributed by atoms with Crippen LogP contribution in [0.25, 0.3) is 17.2 Å². The molecule has 0 amide bonds. The third-order valence-corrected chi connectivity index (χ3v) is 6.81. The second-order valence-electron chi connectivity index (χ2n) is 7.91. The summed E-state index contributed by atoms with van der Waals surface area (Å²) in [5.41, 5.74) is 2.34. The van der Waals surface area contributed by atoms with E-state index < -0.39 is 0 Å². The lowest BCUT2D eigenvalue weighted by molar-refractivity contribution is 0.391. The van der Waals surface area contributed by atoms with Gasteiger partial charge in [0, 0.05) is 30.1 Å². The predicted octanol–water partition coefficient (Wildman–Crippen LogP) is 4.34. The van der Waals surface area contributed by atoms with Gasteiger partial charge in [0.15, 0.2) is 5.82 Å². The van der Waals surface area contributed by atoms with Gasteiger partial charge in [-0.3, -0.25) is 19.0 Å². The van der Waals surface area contributed by atoms with Gasteiger partial charge in [0.1, 0.15) is 28.6 Å². The fourth-order valence-electron chi connectivity index (χ4n) is 3.58. The van der Waals surface area contributed by atoms with Gasteiger partial charge in [-0.25, -0.2) is 0 Å². The number of nitrogens with zero attached hydrogens (tertiary/aromatic N) is 6. The average Bonchev–Trinajstić information content (AvgIpc) is 3.51. The Labute approximate surface area is 208 Å². The van der Waals surface area contributed by atoms with Crippen LogP contribution in [0.2, 0.25) is 0 Å². The molecule has 0 aliphatic rings. The van der Waals surface area contributed by atoms with Gasteiger partial charge in [-0.2, -0.15) is 5.10 Å². The van der Waals surface area contributed by atoms with Gasteiger partial charge in [-0.15, -0.1) is 10.2 Å². The van der Waals surface area contributed by atoms with E-state index in [4.69, 9.17) is 14.2 Å². The van der Waals surface area contributed by atoms with E-state index in [-0.39, 0.29) is 11.2 Å². The van der Waals surface area contributed by atoms with Crippen LogP contribution in [0, 0.1) is 0 Å². The molecule has 0 radical (unpaired) electrons. The van der Waals surface area contributed by atoms with Crippen molar-refractivity contribution in [2.75, 3.05) is 26.1 Å². The summed E-state index contributed by atoms with van der Waals surface area (Å²) in [6.07, 6.45) is 3.60. The maximum absolute atomic E-state index is 5.67. The maximum atomic E-state index is 5.67. The minimum atomic E-state index is 0.166. The van der Waals surface area contributed by atoms with Gasteiger partial charge < -0.3 is 14.2 Å². The van der Waals surface area contributed by atoms with Crippen LogP contribution in [-0.2, 0) is 7.05 Å². The maximum Gasteiger partial charge on any atom is 0.239 e. The quantitative estimate of drug-likeness (QED) is 0.322. The normalized spacial score (nSPS) is 12.7. The van der Waals surface area contributed by atoms with Gasteiger partial charge in [-0.05, 0) is 42.3 Å². The average molecular weight is 496 g/mol. The van der Waals surface area contributed by atoms with Crippen LogP contribution >= 0.6 is 11.9 Å². The SMILES string of the molecule is COc1ccc(C(C)C(C)SNc2nnc(-c3ccn(C)n3)n2-c2c(OC)cccc2OC)nc1. The highest BCUT2D eigenvalue weighted by molar-refractivity contribution is 8.01. The zero-order valence-corrected chi connectivity index (χ0v) is 21.4. The molecule has 4 rings (SSSR count). The number of methoxy groups -OCH3 is 3. The molecular formula is C24H29N7O3S. The number of anilines is 1. The number of aryl methyl sites for hydroxylation is 1. The molecule has 35 heavy (non-hydrogen) atoms. The lowest BCUT2D eigenvalue weighted by Gasteiger charge is -2.21. The number of pyridine rings is 1. The molecule has 0 spiro atoms. The lowest BCUT2D eigenvalue weighted by atomic mass is 10.0. The Morgan fingerprint density at radius 1 is 0.943 bits per heavy atom. The fraction of sp³-hybridized carbons (Fsp3) is 0.333. The highest BCUT2D eigenvalue weighted by Gasteiger charge is 2.25. The summed E-state index contributed by atoms with van der Waals surface area (Å²) < 4.78 is 23.5. The van der Waals surface area contributed by atoms with Crippen molar-refractivity contribution in [2.45, 2.75) is 25.0 Å². The van der Waals surface area contributed by atoms with Crippen molar-refractivity contribution >= 4 is 17.9 Å². The van der Waals surface area contributed by atoms with E-state index >= 15 is 0 Å². The second-order valence-corrected chi connectivity index (χ2v) is 9.09. The molecule has 0 saturated heterocycles. The Balaban J connectivity index is 1.68. The number of ether oxygens (including phenoxy) is 3. The molecule has 11 heteroatoms. The van der Waals surface area contributed by atoms with Crippen molar-refractivity contribution in [3.63, 3.8) is 0 Å². The van der Waals surface area contributed by atoms with Crippen molar-refractivity contribution in [1.82, 2.24) is 29.5 Å². The van der Waals surface area contributed by atoms with Crippen LogP contribution in [-0.4, -0.2) is 56.1 Å². The minimum absolute atomic E-state index is 0.166. The number of hydrogen-bond donors (Lipinski definition) is 1. The second kappa shape index (κ2) is 10.7. The molecule has 3 aromatic heterocycles. The van der Waals surface area contributed by atoms with E-state index in [0.717, 1.165) is 11.4 Å². The number of hydrogen-bond acceptors (Lipinski definition) is 9. The van der Waals surface area contributed by atoms with Crippen LogP contribution < -0.4 is 18.9 Å². The molecule has 2 unspecified atom stereocenters. The fourth-order valence-corrected chi connectivity index (χ4v) is 4.35. The summed E-state index contributed by atoms with van der Waals surface area (Å²) in [5, 5.41) is 13.6. The first-order valence-corrected chi connectivity index (χ1v) is 11.9. The summed E-state index contributed by atoms with van der Waals surface area (Å²) in [4.78, 5) is 4.54. The van der Waals surface area contributed by atoms with Crippen molar-refractivity contribution in [1.29, 1.82) is 0 Å². The highest BCUT2D eigenvalue weighted by atomic mass is 32.2. The first kappa shape index (κ1) is 24.4. The number of benzene rings is 1. The molecule has 10 nitrogen and oxygen atoms in total. The zero-order chi connectivity index (χ0) is 24.9. The van der Waals surface area contributed by atoms with Crippen LogP contribution in [0.15, 0.2) is 48.8 Å². The standard InChI is InChI=1S/C24H29N7O3S/c1-15(18-11-10-17(32-4)14-25-18)16(2)35-29-24-27-26-23(19-12-13-30(3)28-19)31(24)22-20(33-5)8-7-9-21(22)34-6/h7-16H,1-6H3,(H,27,29). The van der Waals surface area contributed by atoms with Crippen molar-refractivity contribution in [3.8, 4) is 34.5 Å². The number of para-hydroxylation sites is 1. The van der Waals surface area contributed by atoms with E-state index in [1.165, 1.54) is 0 Å². The van der Waals surface area contributed by atoms with E-state index in [9.17, 15) is 0 Å². The zero-order valence-electron chi connectivity index (χ0n) is 20.6. The van der Waals surface area contributed by atoms with Gasteiger partial charge in [0.05, 0.1) is 27.5 Å². The van der Waals surface area contributed by atoms with E-state index in [1.807, 2.05) is 54.2 Å². The number of nitrogens with one attached hydrogen (secondary N) is 1. The summed E-state index contributed by atoms with van der Waals surface area (Å²) in [5.74, 6) is 3.25. The van der Waals surface area contributed by atoms with E-state index in [0.29, 0.717) is 34.7 Å². The first-order chi connectivity index (χ1) is 17.0. The predicted molar refractivity (Wildman–Crippen MR) is 137 cm³/mol. The molecule has 0 bridgehead atoms. The van der Waals surface area contributed by atoms with Gasteiger partial charge in [0.25, 0.3) is 0 Å². The molecule has 0 fully saturated rings. The van der Waals surface area contributed by atoms with Crippen molar-refractivity contribution in [2.24, 2.45) is 7.05 Å². The summed E-state index contributed by atoms with van der Waals surface area (Å²) in [6.45, 7) is 4.28. The Bertz CT molecular complexity index is 1250. The van der Waals surface area contributed by atoms with Crippen LogP contribution in [0.5, 0.6) is 17.2 Å². The smallest absolute Gasteiger partial charge is 0.239 e. The van der Waals surface area contributed by atoms with Crippen molar-refractivity contribution < 1.29 is 14.2 Å². The van der Waals surface area contributed by atoms with Crippen molar-refractivity contribution in [3.05, 3.63) is 54.5 Å². The first-order valence-electron chi connectivity index (χ1n) is 11.0. The minimum Gasteiger partial charge on any atom is -0.495 e. The van der Waals surface area contributed by atoms with Crippen LogP contribution in [0.3, 0.4) is 0 Å². The molecule has 0 aliphatic carbocycles. The molecule has 4 aromatic rings. The molecular weight excluding hydrogens is 466 g/mol. The van der Waals surface area contributed by atoms with Crippen LogP contribution in [0.1, 0.15) is 25.5 Å². The molecule has 2 atom stereocenters. The van der Waals surface area contributed by atoms with Gasteiger partial charge >= 0.3 is 0 Å². The third-order valence-electron chi connectivity index (χ3n) is 5.73. The molecule has 1 aromatic carbocycles. The Kier molecular flexibility index (Phi) is 7.45. The summed E-state index contributed by atoms with van der Waals surface area (Å²) in [6, 6.07) is 11.4. The largest absolute Gasteiger partial charge is 0.495 e. The molecule has 0 saturated carbocycles. The van der Waals surface area contributed by atoms with Crippen LogP contribution in [0.4, 0.5) is 5.95 Å². The van der Waals surface area contributed by atoms with Gasteiger partial charge in [-0.1, -0.05) is 19.9 Å². The molecule has 3 heterocycles. The Morgan fingerprint density at radius 2 is 1.69 bits per heavy atom. The summed E-state index contributed by atoms with van der Waals surface area (Å²) in [7, 11) is 6.74. The van der Waals surface area contributed by atoms with E-state index in [1.54, 1.807) is 44.2 Å². The highest BCUT2D eigenvalue weighted by Crippen LogP contribution is 2.38. The molecule has 0 aliphatic heterocycles. The topological polar surface area (TPSA) is 101 Å². The third kappa shape index (κ3) is 5.04. The number of rotatable bonds is 10.